The van der Waals surface area contributed by atoms with Gasteiger partial charge in [0, 0.05) is 7.05 Å². The summed E-state index contributed by atoms with van der Waals surface area (Å²) in [5, 5.41) is -0.141. The molecule has 9 heteroatoms. The molecule has 0 radical (unpaired) electrons. The number of nitrogens with two attached hydrogens (primary N) is 1. The van der Waals surface area contributed by atoms with E-state index < -0.39 is 15.8 Å². The first-order valence-electron chi connectivity index (χ1n) is 5.47. The highest BCUT2D eigenvalue weighted by molar-refractivity contribution is 9.10. The Kier molecular flexibility index (Phi) is 3.74. The van der Waals surface area contributed by atoms with Crippen LogP contribution in [0.15, 0.2) is 28.0 Å². The van der Waals surface area contributed by atoms with E-state index in [2.05, 4.69) is 25.6 Å². The number of aryl methyl sites for hydroxylation is 2. The zero-order chi connectivity index (χ0) is 15.1. The van der Waals surface area contributed by atoms with Crippen LogP contribution < -0.4 is 10.5 Å². The van der Waals surface area contributed by atoms with Gasteiger partial charge in [0.25, 0.3) is 10.0 Å². The van der Waals surface area contributed by atoms with E-state index in [1.54, 1.807) is 6.92 Å². The zero-order valence-electron chi connectivity index (χ0n) is 10.7. The largest absolute Gasteiger partial charge is 0.381 e. The van der Waals surface area contributed by atoms with E-state index in [4.69, 9.17) is 5.73 Å². The summed E-state index contributed by atoms with van der Waals surface area (Å²) in [6.45, 7) is 1.60. The van der Waals surface area contributed by atoms with Gasteiger partial charge in [0.05, 0.1) is 16.5 Å². The molecule has 2 rings (SSSR count). The first-order chi connectivity index (χ1) is 9.22. The molecule has 0 unspecified atom stereocenters. The highest BCUT2D eigenvalue weighted by Gasteiger charge is 2.23. The minimum Gasteiger partial charge on any atom is -0.381 e. The molecule has 2 aromatic rings. The van der Waals surface area contributed by atoms with Gasteiger partial charge in [-0.2, -0.15) is 8.42 Å². The quantitative estimate of drug-likeness (QED) is 0.873. The summed E-state index contributed by atoms with van der Waals surface area (Å²) in [6.07, 6.45) is 1.30. The average molecular weight is 363 g/mol. The van der Waals surface area contributed by atoms with Crippen LogP contribution in [-0.4, -0.2) is 18.0 Å². The van der Waals surface area contributed by atoms with Crippen LogP contribution in [0.4, 0.5) is 15.9 Å². The van der Waals surface area contributed by atoms with Gasteiger partial charge in [-0.05, 0) is 40.5 Å². The first kappa shape index (κ1) is 14.8. The van der Waals surface area contributed by atoms with E-state index in [1.165, 1.54) is 30.1 Å². The summed E-state index contributed by atoms with van der Waals surface area (Å²) in [6, 6.07) is 2.59. The normalized spacial score (nSPS) is 11.6. The van der Waals surface area contributed by atoms with Crippen LogP contribution in [0.25, 0.3) is 0 Å². The number of nitrogens with one attached hydrogen (secondary N) is 1. The molecule has 108 valence electrons. The topological polar surface area (TPSA) is 90.0 Å². The summed E-state index contributed by atoms with van der Waals surface area (Å²) >= 11 is 3.01. The number of hydrogen-bond acceptors (Lipinski definition) is 4. The Hall–Kier alpha value is -1.61. The van der Waals surface area contributed by atoms with Gasteiger partial charge >= 0.3 is 0 Å². The van der Waals surface area contributed by atoms with Crippen molar-refractivity contribution in [1.29, 1.82) is 0 Å². The highest BCUT2D eigenvalue weighted by Crippen LogP contribution is 2.27. The van der Waals surface area contributed by atoms with Crippen molar-refractivity contribution < 1.29 is 12.8 Å². The molecule has 1 aromatic heterocycles. The lowest BCUT2D eigenvalue weighted by molar-refractivity contribution is 0.591. The molecule has 0 spiro atoms. The molecule has 0 aliphatic heterocycles. The highest BCUT2D eigenvalue weighted by atomic mass is 79.9. The Morgan fingerprint density at radius 3 is 2.65 bits per heavy atom. The summed E-state index contributed by atoms with van der Waals surface area (Å²) < 4.78 is 41.8. The minimum absolute atomic E-state index is 0.0983. The fourth-order valence-electron chi connectivity index (χ4n) is 1.71. The molecule has 0 aliphatic rings. The Bertz CT molecular complexity index is 753. The second-order valence-corrected chi connectivity index (χ2v) is 6.68. The van der Waals surface area contributed by atoms with E-state index >= 15 is 0 Å². The number of anilines is 2. The molecular weight excluding hydrogens is 351 g/mol. The predicted octanol–water partition coefficient (Wildman–Crippen LogP) is 2.01. The molecule has 20 heavy (non-hydrogen) atoms. The van der Waals surface area contributed by atoms with E-state index in [0.717, 1.165) is 0 Å². The maximum absolute atomic E-state index is 13.3. The molecule has 1 heterocycles. The van der Waals surface area contributed by atoms with Crippen LogP contribution in [0.1, 0.15) is 5.56 Å². The van der Waals surface area contributed by atoms with Gasteiger partial charge in [-0.25, -0.2) is 9.37 Å². The van der Waals surface area contributed by atoms with Crippen LogP contribution in [0, 0.1) is 12.7 Å². The molecule has 0 amide bonds. The minimum atomic E-state index is -3.90. The molecule has 0 bridgehead atoms. The fraction of sp³-hybridized carbons (Fsp3) is 0.182. The summed E-state index contributed by atoms with van der Waals surface area (Å²) in [4.78, 5) is 3.73. The number of hydrogen-bond donors (Lipinski definition) is 2. The fourth-order valence-corrected chi connectivity index (χ4v) is 3.42. The van der Waals surface area contributed by atoms with Crippen molar-refractivity contribution in [3.05, 3.63) is 34.3 Å². The summed E-state index contributed by atoms with van der Waals surface area (Å²) in [5.74, 6) is -0.565. The molecule has 0 aliphatic carbocycles. The monoisotopic (exact) mass is 362 g/mol. The number of aromatic nitrogens is 2. The van der Waals surface area contributed by atoms with Crippen molar-refractivity contribution in [2.45, 2.75) is 11.9 Å². The van der Waals surface area contributed by atoms with Crippen LogP contribution in [-0.2, 0) is 17.1 Å². The molecule has 0 saturated heterocycles. The number of nitrogen functional groups attached to an aromatic ring is 1. The van der Waals surface area contributed by atoms with Crippen molar-refractivity contribution in [1.82, 2.24) is 9.55 Å². The number of nitrogens with zero attached hydrogens (tertiary/aromatic N) is 2. The number of halogens is 2. The van der Waals surface area contributed by atoms with Crippen molar-refractivity contribution in [2.24, 2.45) is 7.05 Å². The van der Waals surface area contributed by atoms with Gasteiger partial charge in [-0.1, -0.05) is 0 Å². The van der Waals surface area contributed by atoms with Crippen LogP contribution in [0.3, 0.4) is 0 Å². The molecule has 3 N–H and O–H groups in total. The summed E-state index contributed by atoms with van der Waals surface area (Å²) in [5.41, 5.74) is 6.27. The Labute approximate surface area is 124 Å². The number of imidazole rings is 1. The Morgan fingerprint density at radius 1 is 1.45 bits per heavy atom. The lowest BCUT2D eigenvalue weighted by Crippen LogP contribution is -2.18. The first-order valence-corrected chi connectivity index (χ1v) is 7.75. The second kappa shape index (κ2) is 5.06. The maximum atomic E-state index is 13.3. The van der Waals surface area contributed by atoms with Gasteiger partial charge in [0.2, 0.25) is 0 Å². The molecule has 1 aromatic carbocycles. The van der Waals surface area contributed by atoms with E-state index in [-0.39, 0.29) is 21.0 Å². The van der Waals surface area contributed by atoms with Gasteiger partial charge in [0.1, 0.15) is 5.82 Å². The Morgan fingerprint density at radius 2 is 2.10 bits per heavy atom. The maximum Gasteiger partial charge on any atom is 0.281 e. The van der Waals surface area contributed by atoms with E-state index in [0.29, 0.717) is 5.56 Å². The van der Waals surface area contributed by atoms with Gasteiger partial charge in [0.15, 0.2) is 10.8 Å². The molecule has 0 atom stereocenters. The van der Waals surface area contributed by atoms with Crippen LogP contribution in [0.5, 0.6) is 0 Å². The number of rotatable bonds is 3. The molecule has 0 fully saturated rings. The van der Waals surface area contributed by atoms with Crippen molar-refractivity contribution in [2.75, 3.05) is 10.5 Å². The van der Waals surface area contributed by atoms with E-state index in [9.17, 15) is 12.8 Å². The molecule has 0 saturated carbocycles. The standard InChI is InChI=1S/C11H12BrFN4O2S/c1-6-3-8(13)7(12)4-9(6)16-20(18,19)11-10(14)15-5-17(11)2/h3-5,16H,14H2,1-2H3. The third kappa shape index (κ3) is 2.63. The van der Waals surface area contributed by atoms with Gasteiger partial charge in [-0.3, -0.25) is 4.72 Å². The summed E-state index contributed by atoms with van der Waals surface area (Å²) in [7, 11) is -2.38. The molecule has 6 nitrogen and oxygen atoms in total. The second-order valence-electron chi connectivity index (χ2n) is 4.23. The zero-order valence-corrected chi connectivity index (χ0v) is 13.1. The average Bonchev–Trinajstić information content (AvgIpc) is 2.66. The Balaban J connectivity index is 2.47. The lowest BCUT2D eigenvalue weighted by Gasteiger charge is -2.12. The van der Waals surface area contributed by atoms with Crippen molar-refractivity contribution >= 4 is 37.5 Å². The third-order valence-corrected chi connectivity index (χ3v) is 4.78. The predicted molar refractivity (Wildman–Crippen MR) is 77.3 cm³/mol. The SMILES string of the molecule is Cc1cc(F)c(Br)cc1NS(=O)(=O)c1c(N)ncn1C. The third-order valence-electron chi connectivity index (χ3n) is 2.68. The van der Waals surface area contributed by atoms with E-state index in [1.807, 2.05) is 0 Å². The number of benzene rings is 1. The van der Waals surface area contributed by atoms with Crippen molar-refractivity contribution in [3.63, 3.8) is 0 Å². The number of sulfonamides is 1. The van der Waals surface area contributed by atoms with Crippen LogP contribution in [0.2, 0.25) is 0 Å². The van der Waals surface area contributed by atoms with Gasteiger partial charge < -0.3 is 10.3 Å². The van der Waals surface area contributed by atoms with Crippen LogP contribution >= 0.6 is 15.9 Å². The smallest absolute Gasteiger partial charge is 0.281 e. The lowest BCUT2D eigenvalue weighted by atomic mass is 10.2. The molecular formula is C11H12BrFN4O2S. The van der Waals surface area contributed by atoms with Crippen molar-refractivity contribution in [3.8, 4) is 0 Å². The van der Waals surface area contributed by atoms with Gasteiger partial charge in [-0.15, -0.1) is 0 Å².